The SMILES string of the molecule is CN1CCN(c2ccc(CNC(=O)N(C)CCOc3ccccc3)cn2)CC1. The number of amides is 2. The molecular weight excluding hydrogens is 354 g/mol. The van der Waals surface area contributed by atoms with E-state index in [2.05, 4.69) is 27.1 Å². The molecule has 0 saturated carbocycles. The number of anilines is 1. The summed E-state index contributed by atoms with van der Waals surface area (Å²) in [6, 6.07) is 13.5. The van der Waals surface area contributed by atoms with E-state index in [1.165, 1.54) is 0 Å². The summed E-state index contributed by atoms with van der Waals surface area (Å²) < 4.78 is 5.63. The zero-order chi connectivity index (χ0) is 19.8. The molecule has 7 nitrogen and oxygen atoms in total. The molecule has 1 aliphatic heterocycles. The summed E-state index contributed by atoms with van der Waals surface area (Å²) >= 11 is 0. The quantitative estimate of drug-likeness (QED) is 0.793. The summed E-state index contributed by atoms with van der Waals surface area (Å²) in [5.74, 6) is 1.81. The maximum atomic E-state index is 12.2. The third kappa shape index (κ3) is 5.85. The number of para-hydroxylation sites is 1. The molecule has 1 aromatic carbocycles. The van der Waals surface area contributed by atoms with Gasteiger partial charge in [-0.05, 0) is 30.8 Å². The van der Waals surface area contributed by atoms with Crippen LogP contribution in [0.4, 0.5) is 10.6 Å². The largest absolute Gasteiger partial charge is 0.492 e. The standard InChI is InChI=1S/C21H29N5O2/c1-24-10-12-26(13-11-24)20-9-8-18(16-22-20)17-23-21(27)25(2)14-15-28-19-6-4-3-5-7-19/h3-9,16H,10-15,17H2,1-2H3,(H,23,27). The number of hydrogen-bond donors (Lipinski definition) is 1. The number of hydrogen-bond acceptors (Lipinski definition) is 5. The van der Waals surface area contributed by atoms with E-state index in [9.17, 15) is 4.79 Å². The summed E-state index contributed by atoms with van der Waals surface area (Å²) in [6.07, 6.45) is 1.84. The number of nitrogens with one attached hydrogen (secondary N) is 1. The van der Waals surface area contributed by atoms with Crippen LogP contribution >= 0.6 is 0 Å². The van der Waals surface area contributed by atoms with Crippen LogP contribution in [-0.2, 0) is 6.54 Å². The third-order valence-electron chi connectivity index (χ3n) is 4.87. The van der Waals surface area contributed by atoms with Gasteiger partial charge in [-0.3, -0.25) is 0 Å². The van der Waals surface area contributed by atoms with Crippen molar-refractivity contribution in [2.24, 2.45) is 0 Å². The lowest BCUT2D eigenvalue weighted by Crippen LogP contribution is -2.44. The number of nitrogens with zero attached hydrogens (tertiary/aromatic N) is 4. The number of aromatic nitrogens is 1. The van der Waals surface area contributed by atoms with Gasteiger partial charge in [0.05, 0.1) is 6.54 Å². The normalized spacial score (nSPS) is 14.6. The number of urea groups is 1. The van der Waals surface area contributed by atoms with Crippen LogP contribution in [0.3, 0.4) is 0 Å². The Bertz CT molecular complexity index is 730. The number of benzene rings is 1. The molecule has 2 amide bonds. The van der Waals surface area contributed by atoms with Crippen molar-refractivity contribution in [2.45, 2.75) is 6.54 Å². The van der Waals surface area contributed by atoms with Crippen molar-refractivity contribution in [3.63, 3.8) is 0 Å². The Morgan fingerprint density at radius 2 is 1.89 bits per heavy atom. The van der Waals surface area contributed by atoms with E-state index in [0.29, 0.717) is 19.7 Å². The minimum atomic E-state index is -0.125. The summed E-state index contributed by atoms with van der Waals surface area (Å²) in [4.78, 5) is 23.0. The van der Waals surface area contributed by atoms with Gasteiger partial charge >= 0.3 is 6.03 Å². The van der Waals surface area contributed by atoms with Crippen molar-refractivity contribution in [3.05, 3.63) is 54.2 Å². The van der Waals surface area contributed by atoms with E-state index < -0.39 is 0 Å². The Balaban J connectivity index is 1.38. The summed E-state index contributed by atoms with van der Waals surface area (Å²) in [5, 5.41) is 2.92. The van der Waals surface area contributed by atoms with E-state index in [0.717, 1.165) is 43.3 Å². The van der Waals surface area contributed by atoms with Crippen LogP contribution in [0, 0.1) is 0 Å². The average molecular weight is 383 g/mol. The van der Waals surface area contributed by atoms with Crippen molar-refractivity contribution in [1.82, 2.24) is 20.1 Å². The highest BCUT2D eigenvalue weighted by Gasteiger charge is 2.15. The zero-order valence-corrected chi connectivity index (χ0v) is 16.7. The Kier molecular flexibility index (Phi) is 7.08. The van der Waals surface area contributed by atoms with Gasteiger partial charge in [-0.2, -0.15) is 0 Å². The zero-order valence-electron chi connectivity index (χ0n) is 16.7. The second-order valence-corrected chi connectivity index (χ2v) is 7.06. The predicted molar refractivity (Wildman–Crippen MR) is 111 cm³/mol. The van der Waals surface area contributed by atoms with Gasteiger partial charge in [0.1, 0.15) is 18.2 Å². The van der Waals surface area contributed by atoms with Crippen LogP contribution in [0.2, 0.25) is 0 Å². The van der Waals surface area contributed by atoms with E-state index in [1.54, 1.807) is 11.9 Å². The molecule has 28 heavy (non-hydrogen) atoms. The molecule has 0 unspecified atom stereocenters. The number of ether oxygens (including phenoxy) is 1. The fourth-order valence-electron chi connectivity index (χ4n) is 2.98. The average Bonchev–Trinajstić information content (AvgIpc) is 2.73. The minimum absolute atomic E-state index is 0.125. The van der Waals surface area contributed by atoms with Crippen molar-refractivity contribution < 1.29 is 9.53 Å². The monoisotopic (exact) mass is 383 g/mol. The first-order valence-corrected chi connectivity index (χ1v) is 9.67. The molecule has 2 heterocycles. The molecule has 0 aliphatic carbocycles. The second-order valence-electron chi connectivity index (χ2n) is 7.06. The lowest BCUT2D eigenvalue weighted by atomic mass is 10.2. The number of piperazine rings is 1. The highest BCUT2D eigenvalue weighted by Crippen LogP contribution is 2.13. The van der Waals surface area contributed by atoms with Gasteiger partial charge in [0.2, 0.25) is 0 Å². The van der Waals surface area contributed by atoms with E-state index >= 15 is 0 Å². The Morgan fingerprint density at radius 1 is 1.14 bits per heavy atom. The number of pyridine rings is 1. The molecule has 3 rings (SSSR count). The van der Waals surface area contributed by atoms with Crippen molar-refractivity contribution in [3.8, 4) is 5.75 Å². The molecule has 1 saturated heterocycles. The van der Waals surface area contributed by atoms with E-state index in [4.69, 9.17) is 4.74 Å². The molecule has 1 fully saturated rings. The number of rotatable bonds is 7. The Morgan fingerprint density at radius 3 is 2.57 bits per heavy atom. The first-order valence-electron chi connectivity index (χ1n) is 9.67. The molecule has 1 aliphatic rings. The smallest absolute Gasteiger partial charge is 0.317 e. The maximum Gasteiger partial charge on any atom is 0.317 e. The molecule has 7 heteroatoms. The van der Waals surface area contributed by atoms with Gasteiger partial charge in [0.15, 0.2) is 0 Å². The molecule has 0 spiro atoms. The van der Waals surface area contributed by atoms with Gasteiger partial charge in [0.25, 0.3) is 0 Å². The van der Waals surface area contributed by atoms with Gasteiger partial charge in [-0.25, -0.2) is 9.78 Å². The van der Waals surface area contributed by atoms with Crippen LogP contribution in [-0.4, -0.2) is 74.2 Å². The molecule has 0 radical (unpaired) electrons. The van der Waals surface area contributed by atoms with Crippen LogP contribution < -0.4 is 15.0 Å². The topological polar surface area (TPSA) is 60.9 Å². The minimum Gasteiger partial charge on any atom is -0.492 e. The molecule has 1 N–H and O–H groups in total. The summed E-state index contributed by atoms with van der Waals surface area (Å²) in [5.41, 5.74) is 0.986. The predicted octanol–water partition coefficient (Wildman–Crippen LogP) is 2.05. The molecule has 0 atom stereocenters. The summed E-state index contributed by atoms with van der Waals surface area (Å²) in [6.45, 7) is 5.53. The fourth-order valence-corrected chi connectivity index (χ4v) is 2.98. The van der Waals surface area contributed by atoms with Gasteiger partial charge < -0.3 is 24.8 Å². The maximum absolute atomic E-state index is 12.2. The van der Waals surface area contributed by atoms with Crippen LogP contribution in [0.15, 0.2) is 48.7 Å². The molecular formula is C21H29N5O2. The molecule has 0 bridgehead atoms. The summed E-state index contributed by atoms with van der Waals surface area (Å²) in [7, 11) is 3.90. The first-order chi connectivity index (χ1) is 13.6. The van der Waals surface area contributed by atoms with Gasteiger partial charge in [0, 0.05) is 46.0 Å². The molecule has 1 aromatic heterocycles. The number of carbonyl (C=O) groups is 1. The second kappa shape index (κ2) is 9.94. The Labute approximate surface area is 166 Å². The number of likely N-dealkylation sites (N-methyl/N-ethyl adjacent to an activating group) is 2. The van der Waals surface area contributed by atoms with Crippen molar-refractivity contribution in [2.75, 3.05) is 58.3 Å². The van der Waals surface area contributed by atoms with Crippen LogP contribution in [0.1, 0.15) is 5.56 Å². The van der Waals surface area contributed by atoms with Gasteiger partial charge in [-0.15, -0.1) is 0 Å². The highest BCUT2D eigenvalue weighted by atomic mass is 16.5. The van der Waals surface area contributed by atoms with Crippen LogP contribution in [0.25, 0.3) is 0 Å². The lowest BCUT2D eigenvalue weighted by molar-refractivity contribution is 0.195. The van der Waals surface area contributed by atoms with Crippen molar-refractivity contribution >= 4 is 11.8 Å². The van der Waals surface area contributed by atoms with Gasteiger partial charge in [-0.1, -0.05) is 24.3 Å². The van der Waals surface area contributed by atoms with Crippen LogP contribution in [0.5, 0.6) is 5.75 Å². The highest BCUT2D eigenvalue weighted by molar-refractivity contribution is 5.73. The number of carbonyl (C=O) groups excluding carboxylic acids is 1. The van der Waals surface area contributed by atoms with E-state index in [-0.39, 0.29) is 6.03 Å². The first kappa shape index (κ1) is 19.9. The van der Waals surface area contributed by atoms with Crippen molar-refractivity contribution in [1.29, 1.82) is 0 Å². The molecule has 2 aromatic rings. The molecule has 150 valence electrons. The Hall–Kier alpha value is -2.80. The lowest BCUT2D eigenvalue weighted by Gasteiger charge is -2.33. The van der Waals surface area contributed by atoms with E-state index in [1.807, 2.05) is 48.7 Å². The third-order valence-corrected chi connectivity index (χ3v) is 4.87. The fraction of sp³-hybridized carbons (Fsp3) is 0.429.